The van der Waals surface area contributed by atoms with E-state index in [4.69, 9.17) is 0 Å². The number of benzene rings is 1. The van der Waals surface area contributed by atoms with Crippen LogP contribution in [-0.2, 0) is 17.5 Å². The Morgan fingerprint density at radius 3 is 2.25 bits per heavy atom. The van der Waals surface area contributed by atoms with E-state index in [1.807, 2.05) is 29.7 Å². The number of piperazine rings is 1. The highest BCUT2D eigenvalue weighted by Gasteiger charge is 2.35. The summed E-state index contributed by atoms with van der Waals surface area (Å²) in [7, 11) is 0. The average Bonchev–Trinajstić information content (AvgIpc) is 2.85. The van der Waals surface area contributed by atoms with Crippen LogP contribution >= 0.6 is 0 Å². The fourth-order valence-electron chi connectivity index (χ4n) is 5.58. The van der Waals surface area contributed by atoms with Gasteiger partial charge < -0.3 is 9.80 Å². The molecule has 1 aromatic carbocycles. The van der Waals surface area contributed by atoms with Crippen molar-refractivity contribution in [3.8, 4) is 0 Å². The van der Waals surface area contributed by atoms with Crippen molar-refractivity contribution in [2.45, 2.75) is 70.8 Å². The molecule has 0 saturated carbocycles. The molecule has 1 amide bonds. The second kappa shape index (κ2) is 11.6. The molecule has 1 aromatic heterocycles. The number of likely N-dealkylation sites (tertiary alicyclic amines) is 1. The minimum atomic E-state index is -4.50. The van der Waals surface area contributed by atoms with Crippen LogP contribution in [0, 0.1) is 5.92 Å². The van der Waals surface area contributed by atoms with E-state index in [1.165, 1.54) is 24.6 Å². The molecule has 2 aliphatic rings. The molecule has 3 heterocycles. The van der Waals surface area contributed by atoms with Crippen LogP contribution in [0.1, 0.15) is 57.2 Å². The summed E-state index contributed by atoms with van der Waals surface area (Å²) in [6.45, 7) is 8.24. The molecule has 2 saturated heterocycles. The van der Waals surface area contributed by atoms with Gasteiger partial charge in [0.05, 0.1) is 12.4 Å². The number of alkyl halides is 3. The van der Waals surface area contributed by atoms with Gasteiger partial charge in [-0.1, -0.05) is 30.3 Å². The predicted octanol–water partition coefficient (Wildman–Crippen LogP) is 5.00. The Bertz CT molecular complexity index is 965. The molecule has 0 N–H and O–H groups in total. The number of rotatable bonds is 7. The number of carbonyl (C=O) groups excluding carboxylic acids is 1. The van der Waals surface area contributed by atoms with Crippen LogP contribution in [0.2, 0.25) is 0 Å². The third-order valence-corrected chi connectivity index (χ3v) is 7.42. The minimum absolute atomic E-state index is 0.0495. The van der Waals surface area contributed by atoms with Crippen LogP contribution in [0.3, 0.4) is 0 Å². The Labute approximate surface area is 211 Å². The molecule has 0 spiro atoms. The maximum Gasteiger partial charge on any atom is 0.434 e. The molecule has 2 fully saturated rings. The minimum Gasteiger partial charge on any atom is -0.351 e. The molecule has 4 rings (SSSR count). The van der Waals surface area contributed by atoms with Crippen molar-refractivity contribution in [1.29, 1.82) is 0 Å². The van der Waals surface area contributed by atoms with Gasteiger partial charge in [0.2, 0.25) is 5.91 Å². The Morgan fingerprint density at radius 2 is 1.67 bits per heavy atom. The summed E-state index contributed by atoms with van der Waals surface area (Å²) in [4.78, 5) is 26.9. The van der Waals surface area contributed by atoms with Crippen molar-refractivity contribution in [2.24, 2.45) is 5.92 Å². The largest absolute Gasteiger partial charge is 0.434 e. The van der Waals surface area contributed by atoms with E-state index in [2.05, 4.69) is 39.1 Å². The first-order valence-corrected chi connectivity index (χ1v) is 12.9. The summed E-state index contributed by atoms with van der Waals surface area (Å²) in [5.41, 5.74) is 0.360. The number of hydrogen-bond donors (Lipinski definition) is 0. The fraction of sp³-hybridized carbons (Fsp3) is 0.593. The summed E-state index contributed by atoms with van der Waals surface area (Å²) in [6, 6.07) is 10.5. The van der Waals surface area contributed by atoms with E-state index in [1.54, 1.807) is 0 Å². The van der Waals surface area contributed by atoms with E-state index in [0.717, 1.165) is 38.7 Å². The monoisotopic (exact) mass is 503 g/mol. The van der Waals surface area contributed by atoms with Crippen molar-refractivity contribution in [3.05, 3.63) is 54.0 Å². The Morgan fingerprint density at radius 1 is 1.00 bits per heavy atom. The van der Waals surface area contributed by atoms with Crippen LogP contribution < -0.4 is 4.90 Å². The molecule has 36 heavy (non-hydrogen) atoms. The SMILES string of the molecule is C[C@@H]1CN(c2cnc(C(F)(F)F)cn2)C[C@@H](C)N1C(=O)CCCC1CCN(Cc2ccccc2)CC1. The lowest BCUT2D eigenvalue weighted by Gasteiger charge is -2.45. The molecule has 2 aliphatic heterocycles. The molecule has 196 valence electrons. The summed E-state index contributed by atoms with van der Waals surface area (Å²) >= 11 is 0. The zero-order valence-corrected chi connectivity index (χ0v) is 21.1. The van der Waals surface area contributed by atoms with Crippen molar-refractivity contribution < 1.29 is 18.0 Å². The van der Waals surface area contributed by atoms with Gasteiger partial charge in [-0.3, -0.25) is 9.69 Å². The van der Waals surface area contributed by atoms with E-state index in [-0.39, 0.29) is 18.0 Å². The van der Waals surface area contributed by atoms with E-state index >= 15 is 0 Å². The molecule has 2 aromatic rings. The predicted molar refractivity (Wildman–Crippen MR) is 133 cm³/mol. The van der Waals surface area contributed by atoms with Crippen LogP contribution in [0.25, 0.3) is 0 Å². The molecule has 0 aliphatic carbocycles. The highest BCUT2D eigenvalue weighted by atomic mass is 19.4. The first-order valence-electron chi connectivity index (χ1n) is 12.9. The molecular weight excluding hydrogens is 467 g/mol. The van der Waals surface area contributed by atoms with Gasteiger partial charge in [0.25, 0.3) is 0 Å². The molecule has 0 radical (unpaired) electrons. The number of amides is 1. The quantitative estimate of drug-likeness (QED) is 0.532. The summed E-state index contributed by atoms with van der Waals surface area (Å²) < 4.78 is 38.3. The Kier molecular flexibility index (Phi) is 8.49. The second-order valence-corrected chi connectivity index (χ2v) is 10.3. The van der Waals surface area contributed by atoms with Gasteiger partial charge in [-0.15, -0.1) is 0 Å². The zero-order valence-electron chi connectivity index (χ0n) is 21.1. The number of aromatic nitrogens is 2. The maximum atomic E-state index is 13.1. The lowest BCUT2D eigenvalue weighted by Crippen LogP contribution is -2.59. The van der Waals surface area contributed by atoms with Crippen molar-refractivity contribution in [1.82, 2.24) is 19.8 Å². The van der Waals surface area contributed by atoms with Gasteiger partial charge in [0.15, 0.2) is 5.69 Å². The third-order valence-electron chi connectivity index (χ3n) is 7.42. The molecule has 6 nitrogen and oxygen atoms in total. The molecular formula is C27H36F3N5O. The molecule has 0 unspecified atom stereocenters. The molecule has 2 atom stereocenters. The topological polar surface area (TPSA) is 52.6 Å². The van der Waals surface area contributed by atoms with Gasteiger partial charge in [0.1, 0.15) is 5.82 Å². The van der Waals surface area contributed by atoms with Crippen LogP contribution in [0.4, 0.5) is 19.0 Å². The van der Waals surface area contributed by atoms with Crippen LogP contribution in [0.15, 0.2) is 42.7 Å². The zero-order chi connectivity index (χ0) is 25.7. The van der Waals surface area contributed by atoms with Gasteiger partial charge in [-0.25, -0.2) is 9.97 Å². The van der Waals surface area contributed by atoms with Crippen molar-refractivity contribution in [3.63, 3.8) is 0 Å². The first-order chi connectivity index (χ1) is 17.2. The number of hydrogen-bond acceptors (Lipinski definition) is 5. The Hall–Kier alpha value is -2.68. The number of carbonyl (C=O) groups is 1. The highest BCUT2D eigenvalue weighted by Crippen LogP contribution is 2.29. The third kappa shape index (κ3) is 6.75. The van der Waals surface area contributed by atoms with Crippen molar-refractivity contribution >= 4 is 11.7 Å². The van der Waals surface area contributed by atoms with E-state index < -0.39 is 11.9 Å². The summed E-state index contributed by atoms with van der Waals surface area (Å²) in [6.07, 6.45) is 2.32. The van der Waals surface area contributed by atoms with Gasteiger partial charge >= 0.3 is 6.18 Å². The number of piperidine rings is 1. The lowest BCUT2D eigenvalue weighted by molar-refractivity contribution is -0.141. The second-order valence-electron chi connectivity index (χ2n) is 10.3. The molecule has 9 heteroatoms. The van der Waals surface area contributed by atoms with E-state index in [9.17, 15) is 18.0 Å². The van der Waals surface area contributed by atoms with Gasteiger partial charge in [0, 0.05) is 38.1 Å². The summed E-state index contributed by atoms with van der Waals surface area (Å²) in [5.74, 6) is 1.25. The summed E-state index contributed by atoms with van der Waals surface area (Å²) in [5, 5.41) is 0. The smallest absolute Gasteiger partial charge is 0.351 e. The lowest BCUT2D eigenvalue weighted by atomic mass is 9.91. The molecule has 0 bridgehead atoms. The van der Waals surface area contributed by atoms with Gasteiger partial charge in [-0.2, -0.15) is 13.2 Å². The first kappa shape index (κ1) is 26.4. The number of anilines is 1. The maximum absolute atomic E-state index is 13.1. The van der Waals surface area contributed by atoms with Gasteiger partial charge in [-0.05, 0) is 64.1 Å². The number of halogens is 3. The standard InChI is InChI=1S/C27H36F3N5O/c1-20-17-34(25-16-31-24(15-32-25)27(28,29)30)18-21(2)35(20)26(36)10-6-9-22-11-13-33(14-12-22)19-23-7-4-3-5-8-23/h3-5,7-8,15-16,20-22H,6,9-14,17-19H2,1-2H3/t20-,21-/m1/s1. The number of nitrogens with zero attached hydrogens (tertiary/aromatic N) is 5. The van der Waals surface area contributed by atoms with Crippen molar-refractivity contribution in [2.75, 3.05) is 31.1 Å². The normalized spacial score (nSPS) is 22.1. The highest BCUT2D eigenvalue weighted by molar-refractivity contribution is 5.77. The average molecular weight is 504 g/mol. The Balaban J connectivity index is 1.20. The van der Waals surface area contributed by atoms with E-state index in [0.29, 0.717) is 31.2 Å². The van der Waals surface area contributed by atoms with Crippen LogP contribution in [-0.4, -0.2) is 63.9 Å². The van der Waals surface area contributed by atoms with Crippen LogP contribution in [0.5, 0.6) is 0 Å². The fourth-order valence-corrected chi connectivity index (χ4v) is 5.58.